The molecular weight excluding hydrogens is 402 g/mol. The van der Waals surface area contributed by atoms with E-state index in [1.165, 1.54) is 7.11 Å². The van der Waals surface area contributed by atoms with Crippen molar-refractivity contribution in [3.8, 4) is 5.88 Å². The summed E-state index contributed by atoms with van der Waals surface area (Å²) in [6, 6.07) is 9.03. The lowest BCUT2D eigenvalue weighted by atomic mass is 9.92. The van der Waals surface area contributed by atoms with Gasteiger partial charge in [0.05, 0.1) is 12.0 Å². The molecule has 2 aromatic rings. The number of hydrogen-bond acceptors (Lipinski definition) is 6. The number of pyridine rings is 1. The monoisotopic (exact) mass is 431 g/mol. The van der Waals surface area contributed by atoms with Gasteiger partial charge in [-0.25, -0.2) is 13.4 Å². The van der Waals surface area contributed by atoms with Crippen LogP contribution in [0.3, 0.4) is 0 Å². The SMILES string of the molecule is COc1nc2c(cc1NS(=O)(=O)c1ccc(C3CCOCC3)cc1)CCN(C)CC2. The predicted molar refractivity (Wildman–Crippen MR) is 116 cm³/mol. The van der Waals surface area contributed by atoms with Crippen molar-refractivity contribution >= 4 is 15.7 Å². The van der Waals surface area contributed by atoms with Gasteiger partial charge in [0.2, 0.25) is 5.88 Å². The molecule has 3 heterocycles. The van der Waals surface area contributed by atoms with E-state index in [-0.39, 0.29) is 4.90 Å². The highest BCUT2D eigenvalue weighted by Crippen LogP contribution is 2.31. The number of ether oxygens (including phenoxy) is 2. The lowest BCUT2D eigenvalue weighted by Gasteiger charge is -2.22. The lowest BCUT2D eigenvalue weighted by molar-refractivity contribution is 0.0853. The number of nitrogens with zero attached hydrogens (tertiary/aromatic N) is 2. The molecule has 162 valence electrons. The van der Waals surface area contributed by atoms with Crippen molar-refractivity contribution < 1.29 is 17.9 Å². The van der Waals surface area contributed by atoms with E-state index in [2.05, 4.69) is 21.7 Å². The molecule has 8 heteroatoms. The highest BCUT2D eigenvalue weighted by atomic mass is 32.2. The van der Waals surface area contributed by atoms with Crippen LogP contribution >= 0.6 is 0 Å². The summed E-state index contributed by atoms with van der Waals surface area (Å²) in [6.45, 7) is 3.36. The van der Waals surface area contributed by atoms with Gasteiger partial charge in [0, 0.05) is 38.4 Å². The van der Waals surface area contributed by atoms with Crippen molar-refractivity contribution in [2.45, 2.75) is 36.5 Å². The minimum atomic E-state index is -3.74. The second-order valence-electron chi connectivity index (χ2n) is 8.02. The number of rotatable bonds is 5. The highest BCUT2D eigenvalue weighted by Gasteiger charge is 2.22. The summed E-state index contributed by atoms with van der Waals surface area (Å²) >= 11 is 0. The Kier molecular flexibility index (Phi) is 6.26. The third kappa shape index (κ3) is 4.61. The smallest absolute Gasteiger partial charge is 0.262 e. The number of aromatic nitrogens is 1. The van der Waals surface area contributed by atoms with Crippen LogP contribution in [0.4, 0.5) is 5.69 Å². The number of benzene rings is 1. The molecular formula is C22H29N3O4S. The summed E-state index contributed by atoms with van der Waals surface area (Å²) in [6.07, 6.45) is 3.59. The van der Waals surface area contributed by atoms with Gasteiger partial charge in [0.25, 0.3) is 10.0 Å². The minimum Gasteiger partial charge on any atom is -0.479 e. The molecule has 0 spiro atoms. The zero-order chi connectivity index (χ0) is 21.1. The summed E-state index contributed by atoms with van der Waals surface area (Å²) < 4.78 is 39.5. The Bertz CT molecular complexity index is 986. The summed E-state index contributed by atoms with van der Waals surface area (Å²) in [5.41, 5.74) is 3.58. The Morgan fingerprint density at radius 3 is 2.53 bits per heavy atom. The fourth-order valence-electron chi connectivity index (χ4n) is 4.11. The van der Waals surface area contributed by atoms with Gasteiger partial charge in [-0.15, -0.1) is 0 Å². The van der Waals surface area contributed by atoms with E-state index in [1.807, 2.05) is 18.2 Å². The van der Waals surface area contributed by atoms with E-state index in [0.717, 1.165) is 68.8 Å². The average molecular weight is 432 g/mol. The molecule has 2 aliphatic rings. The highest BCUT2D eigenvalue weighted by molar-refractivity contribution is 7.92. The van der Waals surface area contributed by atoms with Gasteiger partial charge in [-0.2, -0.15) is 0 Å². The molecule has 7 nitrogen and oxygen atoms in total. The van der Waals surface area contributed by atoms with Crippen LogP contribution in [-0.4, -0.2) is 58.8 Å². The Balaban J connectivity index is 1.57. The first kappa shape index (κ1) is 21.1. The maximum atomic E-state index is 13.0. The van der Waals surface area contributed by atoms with Crippen LogP contribution < -0.4 is 9.46 Å². The van der Waals surface area contributed by atoms with Gasteiger partial charge in [-0.1, -0.05) is 12.1 Å². The average Bonchev–Trinajstić information content (AvgIpc) is 2.95. The van der Waals surface area contributed by atoms with Gasteiger partial charge in [0.15, 0.2) is 0 Å². The maximum Gasteiger partial charge on any atom is 0.262 e. The molecule has 4 rings (SSSR count). The molecule has 0 unspecified atom stereocenters. The number of fused-ring (bicyclic) bond motifs is 1. The van der Waals surface area contributed by atoms with Gasteiger partial charge in [-0.3, -0.25) is 4.72 Å². The van der Waals surface area contributed by atoms with E-state index in [1.54, 1.807) is 12.1 Å². The van der Waals surface area contributed by atoms with Gasteiger partial charge in [0.1, 0.15) is 5.69 Å². The molecule has 0 amide bonds. The second kappa shape index (κ2) is 8.91. The normalized spacial score (nSPS) is 18.5. The fourth-order valence-corrected chi connectivity index (χ4v) is 5.16. The molecule has 30 heavy (non-hydrogen) atoms. The largest absolute Gasteiger partial charge is 0.479 e. The number of anilines is 1. The molecule has 0 bridgehead atoms. The van der Waals surface area contributed by atoms with Crippen LogP contribution in [0.25, 0.3) is 0 Å². The van der Waals surface area contributed by atoms with Gasteiger partial charge < -0.3 is 14.4 Å². The zero-order valence-corrected chi connectivity index (χ0v) is 18.4. The van der Waals surface area contributed by atoms with Crippen molar-refractivity contribution in [2.75, 3.05) is 45.2 Å². The molecule has 0 saturated carbocycles. The summed E-state index contributed by atoms with van der Waals surface area (Å²) in [7, 11) is -0.153. The first-order valence-electron chi connectivity index (χ1n) is 10.4. The van der Waals surface area contributed by atoms with Crippen molar-refractivity contribution in [3.05, 3.63) is 47.2 Å². The summed E-state index contributed by atoms with van der Waals surface area (Å²) in [5.74, 6) is 0.733. The number of sulfonamides is 1. The Morgan fingerprint density at radius 1 is 1.13 bits per heavy atom. The zero-order valence-electron chi connectivity index (χ0n) is 17.6. The summed E-state index contributed by atoms with van der Waals surface area (Å²) in [5, 5.41) is 0. The van der Waals surface area contributed by atoms with Crippen molar-refractivity contribution in [2.24, 2.45) is 0 Å². The Morgan fingerprint density at radius 2 is 1.83 bits per heavy atom. The number of likely N-dealkylation sites (N-methyl/N-ethyl adjacent to an activating group) is 1. The topological polar surface area (TPSA) is 80.8 Å². The molecule has 0 radical (unpaired) electrons. The first-order chi connectivity index (χ1) is 14.5. The third-order valence-electron chi connectivity index (χ3n) is 5.97. The lowest BCUT2D eigenvalue weighted by Crippen LogP contribution is -2.20. The predicted octanol–water partition coefficient (Wildman–Crippen LogP) is 2.82. The molecule has 1 N–H and O–H groups in total. The summed E-state index contributed by atoms with van der Waals surface area (Å²) in [4.78, 5) is 7.07. The van der Waals surface area contributed by atoms with E-state index in [9.17, 15) is 8.42 Å². The molecule has 1 saturated heterocycles. The van der Waals surface area contributed by atoms with Crippen LogP contribution in [0, 0.1) is 0 Å². The number of hydrogen-bond donors (Lipinski definition) is 1. The minimum absolute atomic E-state index is 0.232. The van der Waals surface area contributed by atoms with Crippen LogP contribution in [0.1, 0.15) is 35.6 Å². The van der Waals surface area contributed by atoms with Crippen molar-refractivity contribution in [3.63, 3.8) is 0 Å². The van der Waals surface area contributed by atoms with E-state index >= 15 is 0 Å². The Labute approximate surface area is 178 Å². The van der Waals surface area contributed by atoms with Crippen LogP contribution in [-0.2, 0) is 27.6 Å². The second-order valence-corrected chi connectivity index (χ2v) is 9.70. The van der Waals surface area contributed by atoms with Gasteiger partial charge in [-0.05, 0) is 61.6 Å². The molecule has 0 atom stereocenters. The van der Waals surface area contributed by atoms with Crippen LogP contribution in [0.15, 0.2) is 35.2 Å². The first-order valence-corrected chi connectivity index (χ1v) is 11.9. The van der Waals surface area contributed by atoms with Crippen LogP contribution in [0.5, 0.6) is 5.88 Å². The van der Waals surface area contributed by atoms with Crippen molar-refractivity contribution in [1.29, 1.82) is 0 Å². The number of nitrogens with one attached hydrogen (secondary N) is 1. The molecule has 1 fully saturated rings. The van der Waals surface area contributed by atoms with E-state index in [0.29, 0.717) is 17.5 Å². The van der Waals surface area contributed by atoms with E-state index in [4.69, 9.17) is 9.47 Å². The third-order valence-corrected chi connectivity index (χ3v) is 7.35. The molecule has 1 aromatic heterocycles. The Hall–Kier alpha value is -2.16. The van der Waals surface area contributed by atoms with Gasteiger partial charge >= 0.3 is 0 Å². The molecule has 1 aromatic carbocycles. The standard InChI is InChI=1S/C22H29N3O4S/c1-25-11-7-18-15-21(22(28-2)23-20(18)8-12-25)24-30(26,27)19-5-3-16(4-6-19)17-9-13-29-14-10-17/h3-6,15,17,24H,7-14H2,1-2H3. The fraction of sp³-hybridized carbons (Fsp3) is 0.500. The van der Waals surface area contributed by atoms with Crippen LogP contribution in [0.2, 0.25) is 0 Å². The number of methoxy groups -OCH3 is 1. The van der Waals surface area contributed by atoms with E-state index < -0.39 is 10.0 Å². The maximum absolute atomic E-state index is 13.0. The molecule has 2 aliphatic heterocycles. The molecule has 0 aliphatic carbocycles. The quantitative estimate of drug-likeness (QED) is 0.784. The van der Waals surface area contributed by atoms with Crippen molar-refractivity contribution in [1.82, 2.24) is 9.88 Å².